The van der Waals surface area contributed by atoms with Gasteiger partial charge in [-0.2, -0.15) is 0 Å². The van der Waals surface area contributed by atoms with Crippen molar-refractivity contribution in [2.24, 2.45) is 0 Å². The summed E-state index contributed by atoms with van der Waals surface area (Å²) in [6.07, 6.45) is 4.86. The number of pyridine rings is 1. The fourth-order valence-electron chi connectivity index (χ4n) is 4.14. The van der Waals surface area contributed by atoms with E-state index >= 15 is 0 Å². The molecule has 0 radical (unpaired) electrons. The lowest BCUT2D eigenvalue weighted by molar-refractivity contribution is -0.111. The summed E-state index contributed by atoms with van der Waals surface area (Å²) in [7, 11) is 0. The van der Waals surface area contributed by atoms with Crippen LogP contribution in [-0.2, 0) is 9.53 Å². The molecule has 35 heavy (non-hydrogen) atoms. The average molecular weight is 467 g/mol. The van der Waals surface area contributed by atoms with Crippen LogP contribution in [0.25, 0.3) is 22.0 Å². The quantitative estimate of drug-likeness (QED) is 0.398. The molecular weight excluding hydrogens is 440 g/mol. The van der Waals surface area contributed by atoms with Crippen LogP contribution in [0, 0.1) is 6.92 Å². The summed E-state index contributed by atoms with van der Waals surface area (Å²) >= 11 is 0. The number of hydrogen-bond donors (Lipinski definition) is 2. The highest BCUT2D eigenvalue weighted by atomic mass is 16.5. The molecule has 2 aromatic heterocycles. The van der Waals surface area contributed by atoms with Gasteiger partial charge < -0.3 is 20.3 Å². The normalized spacial score (nSPS) is 13.5. The fourth-order valence-corrected chi connectivity index (χ4v) is 4.14. The van der Waals surface area contributed by atoms with Crippen LogP contribution >= 0.6 is 0 Å². The molecular formula is C27H26N6O2. The third-order valence-electron chi connectivity index (χ3n) is 5.90. The number of carbonyl (C=O) groups is 1. The zero-order valence-corrected chi connectivity index (χ0v) is 19.5. The third kappa shape index (κ3) is 4.97. The molecule has 0 saturated carbocycles. The van der Waals surface area contributed by atoms with Crippen LogP contribution in [0.15, 0.2) is 73.6 Å². The van der Waals surface area contributed by atoms with Crippen LogP contribution < -0.4 is 15.5 Å². The molecule has 8 nitrogen and oxygen atoms in total. The number of carbonyl (C=O) groups excluding carboxylic acids is 1. The molecule has 4 aromatic rings. The number of aromatic nitrogens is 3. The van der Waals surface area contributed by atoms with Crippen LogP contribution in [-0.4, -0.2) is 47.2 Å². The Labute approximate surface area is 203 Å². The lowest BCUT2D eigenvalue weighted by Crippen LogP contribution is -2.36. The summed E-state index contributed by atoms with van der Waals surface area (Å²) in [5.74, 6) is 1.17. The second kappa shape index (κ2) is 9.90. The molecule has 0 bridgehead atoms. The topological polar surface area (TPSA) is 92.3 Å². The van der Waals surface area contributed by atoms with E-state index in [0.29, 0.717) is 11.6 Å². The predicted octanol–water partition coefficient (Wildman–Crippen LogP) is 4.70. The van der Waals surface area contributed by atoms with Crippen molar-refractivity contribution in [2.75, 3.05) is 41.8 Å². The maximum Gasteiger partial charge on any atom is 0.247 e. The second-order valence-corrected chi connectivity index (χ2v) is 8.29. The van der Waals surface area contributed by atoms with Crippen LogP contribution in [0.3, 0.4) is 0 Å². The van der Waals surface area contributed by atoms with Crippen molar-refractivity contribution in [3.63, 3.8) is 0 Å². The van der Waals surface area contributed by atoms with Gasteiger partial charge in [-0.1, -0.05) is 30.8 Å². The van der Waals surface area contributed by atoms with Crippen molar-refractivity contribution < 1.29 is 9.53 Å². The van der Waals surface area contributed by atoms with E-state index in [2.05, 4.69) is 38.1 Å². The average Bonchev–Trinajstić information content (AvgIpc) is 2.89. The molecule has 176 valence electrons. The maximum absolute atomic E-state index is 11.8. The van der Waals surface area contributed by atoms with Crippen molar-refractivity contribution in [1.29, 1.82) is 0 Å². The van der Waals surface area contributed by atoms with E-state index in [1.807, 2.05) is 55.6 Å². The molecule has 0 spiro atoms. The minimum atomic E-state index is -0.251. The molecule has 0 unspecified atom stereocenters. The molecule has 0 atom stereocenters. The predicted molar refractivity (Wildman–Crippen MR) is 139 cm³/mol. The summed E-state index contributed by atoms with van der Waals surface area (Å²) in [4.78, 5) is 27.9. The van der Waals surface area contributed by atoms with Gasteiger partial charge in [0.15, 0.2) is 0 Å². The van der Waals surface area contributed by atoms with Crippen LogP contribution in [0.5, 0.6) is 0 Å². The largest absolute Gasteiger partial charge is 0.378 e. The Morgan fingerprint density at radius 2 is 1.91 bits per heavy atom. The molecule has 1 amide bonds. The van der Waals surface area contributed by atoms with E-state index in [0.717, 1.165) is 65.4 Å². The van der Waals surface area contributed by atoms with Crippen LogP contribution in [0.4, 0.5) is 23.1 Å². The first-order valence-electron chi connectivity index (χ1n) is 11.5. The molecule has 1 fully saturated rings. The number of nitrogens with zero attached hydrogens (tertiary/aromatic N) is 4. The summed E-state index contributed by atoms with van der Waals surface area (Å²) < 4.78 is 5.42. The molecule has 5 rings (SSSR count). The molecule has 1 saturated heterocycles. The minimum Gasteiger partial charge on any atom is -0.378 e. The zero-order chi connectivity index (χ0) is 24.2. The Balaban J connectivity index is 1.45. The van der Waals surface area contributed by atoms with Crippen molar-refractivity contribution in [3.05, 3.63) is 79.1 Å². The number of fused-ring (bicyclic) bond motifs is 1. The number of anilines is 4. The van der Waals surface area contributed by atoms with Gasteiger partial charge >= 0.3 is 0 Å². The molecule has 1 aliphatic heterocycles. The Kier molecular flexibility index (Phi) is 6.36. The van der Waals surface area contributed by atoms with Crippen molar-refractivity contribution >= 4 is 40.0 Å². The highest BCUT2D eigenvalue weighted by Crippen LogP contribution is 2.33. The number of amides is 1. The Hall–Kier alpha value is -4.30. The molecule has 8 heteroatoms. The third-order valence-corrected chi connectivity index (χ3v) is 5.90. The van der Waals surface area contributed by atoms with Gasteiger partial charge in [-0.25, -0.2) is 15.0 Å². The fraction of sp³-hybridized carbons (Fsp3) is 0.185. The van der Waals surface area contributed by atoms with Gasteiger partial charge in [-0.05, 0) is 48.4 Å². The van der Waals surface area contributed by atoms with Crippen molar-refractivity contribution in [2.45, 2.75) is 6.92 Å². The number of nitrogens with one attached hydrogen (secondary N) is 2. The molecule has 2 aromatic carbocycles. The monoisotopic (exact) mass is 466 g/mol. The Morgan fingerprint density at radius 3 is 2.69 bits per heavy atom. The van der Waals surface area contributed by atoms with Gasteiger partial charge in [-0.3, -0.25) is 4.79 Å². The first kappa shape index (κ1) is 22.5. The van der Waals surface area contributed by atoms with E-state index in [9.17, 15) is 4.79 Å². The number of morpholine rings is 1. The molecule has 2 N–H and O–H groups in total. The standard InChI is InChI=1S/C27H26N6O2/c1-3-24(34)30-21-6-4-5-19(15-21)25-18(2)7-8-20-16-29-27(32-26(20)25)31-22-9-10-23(28-17-22)33-11-13-35-14-12-33/h3-10,15-17H,1,11-14H2,2H3,(H,30,34)(H,29,31,32). The van der Waals surface area contributed by atoms with Crippen LogP contribution in [0.1, 0.15) is 5.56 Å². The Bertz CT molecular complexity index is 1380. The summed E-state index contributed by atoms with van der Waals surface area (Å²) in [6.45, 7) is 8.69. The van der Waals surface area contributed by atoms with Gasteiger partial charge in [0.05, 0.1) is 30.6 Å². The van der Waals surface area contributed by atoms with Crippen molar-refractivity contribution in [1.82, 2.24) is 15.0 Å². The van der Waals surface area contributed by atoms with Gasteiger partial charge in [0.2, 0.25) is 11.9 Å². The van der Waals surface area contributed by atoms with Gasteiger partial charge in [0.1, 0.15) is 5.82 Å². The summed E-state index contributed by atoms with van der Waals surface area (Å²) in [5, 5.41) is 7.02. The van der Waals surface area contributed by atoms with E-state index in [1.54, 1.807) is 6.20 Å². The molecule has 0 aliphatic carbocycles. The number of aryl methyl sites for hydroxylation is 1. The molecule has 3 heterocycles. The number of ether oxygens (including phenoxy) is 1. The van der Waals surface area contributed by atoms with Gasteiger partial charge in [-0.15, -0.1) is 0 Å². The first-order chi connectivity index (χ1) is 17.1. The minimum absolute atomic E-state index is 0.251. The summed E-state index contributed by atoms with van der Waals surface area (Å²) in [5.41, 5.74) is 5.35. The molecule has 1 aliphatic rings. The van der Waals surface area contributed by atoms with E-state index in [1.165, 1.54) is 6.08 Å². The highest BCUT2D eigenvalue weighted by molar-refractivity contribution is 6.00. The highest BCUT2D eigenvalue weighted by Gasteiger charge is 2.14. The van der Waals surface area contributed by atoms with Gasteiger partial charge in [0, 0.05) is 35.9 Å². The zero-order valence-electron chi connectivity index (χ0n) is 19.5. The van der Waals surface area contributed by atoms with Gasteiger partial charge in [0.25, 0.3) is 0 Å². The maximum atomic E-state index is 11.8. The van der Waals surface area contributed by atoms with Crippen molar-refractivity contribution in [3.8, 4) is 11.1 Å². The van der Waals surface area contributed by atoms with E-state index in [4.69, 9.17) is 9.72 Å². The lowest BCUT2D eigenvalue weighted by atomic mass is 9.97. The number of benzene rings is 2. The lowest BCUT2D eigenvalue weighted by Gasteiger charge is -2.27. The second-order valence-electron chi connectivity index (χ2n) is 8.29. The van der Waals surface area contributed by atoms with Crippen LogP contribution in [0.2, 0.25) is 0 Å². The first-order valence-corrected chi connectivity index (χ1v) is 11.5. The van der Waals surface area contributed by atoms with E-state index in [-0.39, 0.29) is 5.91 Å². The number of hydrogen-bond acceptors (Lipinski definition) is 7. The number of rotatable bonds is 6. The smallest absolute Gasteiger partial charge is 0.247 e. The van der Waals surface area contributed by atoms with E-state index < -0.39 is 0 Å². The summed E-state index contributed by atoms with van der Waals surface area (Å²) in [6, 6.07) is 15.7. The Morgan fingerprint density at radius 1 is 1.06 bits per heavy atom. The SMILES string of the molecule is C=CC(=O)Nc1cccc(-c2c(C)ccc3cnc(Nc4ccc(N5CCOCC5)nc4)nc23)c1.